The summed E-state index contributed by atoms with van der Waals surface area (Å²) in [5, 5.41) is 0. The van der Waals surface area contributed by atoms with Crippen LogP contribution in [-0.4, -0.2) is 30.5 Å². The molecule has 1 atom stereocenters. The Balaban J connectivity index is 2.36. The Labute approximate surface area is 101 Å². The molecular weight excluding hydrogens is 216 g/mol. The van der Waals surface area contributed by atoms with Gasteiger partial charge in [0.05, 0.1) is 7.11 Å². The molecule has 0 saturated carbocycles. The van der Waals surface area contributed by atoms with Crippen molar-refractivity contribution in [2.24, 2.45) is 0 Å². The van der Waals surface area contributed by atoms with E-state index in [0.29, 0.717) is 17.0 Å². The molecule has 2 N–H and O–H groups in total. The molecule has 92 valence electrons. The molecule has 0 radical (unpaired) electrons. The van der Waals surface area contributed by atoms with Crippen LogP contribution in [0.2, 0.25) is 0 Å². The average Bonchev–Trinajstić information content (AvgIpc) is 2.74. The Bertz CT molecular complexity index is 431. The first-order valence-electron chi connectivity index (χ1n) is 5.88. The van der Waals surface area contributed by atoms with Gasteiger partial charge in [-0.25, -0.2) is 0 Å². The van der Waals surface area contributed by atoms with E-state index in [9.17, 15) is 4.79 Å². The van der Waals surface area contributed by atoms with Crippen LogP contribution in [0.25, 0.3) is 0 Å². The maximum absolute atomic E-state index is 12.4. The second-order valence-electron chi connectivity index (χ2n) is 4.41. The number of ether oxygens (including phenoxy) is 1. The highest BCUT2D eigenvalue weighted by Crippen LogP contribution is 2.28. The predicted molar refractivity (Wildman–Crippen MR) is 67.1 cm³/mol. The lowest BCUT2D eigenvalue weighted by atomic mass is 10.1. The van der Waals surface area contributed by atoms with Crippen molar-refractivity contribution in [3.8, 4) is 5.75 Å². The number of hydrogen-bond donors (Lipinski definition) is 1. The molecule has 1 aromatic rings. The lowest BCUT2D eigenvalue weighted by Crippen LogP contribution is -2.34. The maximum Gasteiger partial charge on any atom is 0.259 e. The summed E-state index contributed by atoms with van der Waals surface area (Å²) in [6.07, 6.45) is 2.11. The van der Waals surface area contributed by atoms with Crippen molar-refractivity contribution in [3.63, 3.8) is 0 Å². The Hall–Kier alpha value is -1.71. The number of carbonyl (C=O) groups is 1. The molecule has 2 rings (SSSR count). The van der Waals surface area contributed by atoms with E-state index in [2.05, 4.69) is 6.92 Å². The molecule has 1 aliphatic heterocycles. The van der Waals surface area contributed by atoms with Gasteiger partial charge in [0.2, 0.25) is 0 Å². The minimum absolute atomic E-state index is 0.0232. The number of carbonyl (C=O) groups excluding carboxylic acids is 1. The first kappa shape index (κ1) is 11.8. The Morgan fingerprint density at radius 1 is 1.53 bits per heavy atom. The van der Waals surface area contributed by atoms with Crippen LogP contribution in [0.5, 0.6) is 5.75 Å². The third-order valence-corrected chi connectivity index (χ3v) is 3.31. The lowest BCUT2D eigenvalue weighted by molar-refractivity contribution is 0.0745. The Kier molecular flexibility index (Phi) is 3.22. The minimum Gasteiger partial charge on any atom is -0.496 e. The summed E-state index contributed by atoms with van der Waals surface area (Å²) in [6, 6.07) is 5.57. The number of methoxy groups -OCH3 is 1. The van der Waals surface area contributed by atoms with Crippen LogP contribution >= 0.6 is 0 Å². The quantitative estimate of drug-likeness (QED) is 0.795. The molecule has 1 fully saturated rings. The molecule has 0 spiro atoms. The molecule has 1 amide bonds. The molecule has 0 bridgehead atoms. The number of rotatable bonds is 2. The summed E-state index contributed by atoms with van der Waals surface area (Å²) in [5.74, 6) is 0.527. The fourth-order valence-corrected chi connectivity index (χ4v) is 2.33. The van der Waals surface area contributed by atoms with Crippen molar-refractivity contribution in [2.45, 2.75) is 25.8 Å². The summed E-state index contributed by atoms with van der Waals surface area (Å²) in [5.41, 5.74) is 6.85. The number of nitrogens with zero attached hydrogens (tertiary/aromatic N) is 1. The van der Waals surface area contributed by atoms with Crippen LogP contribution in [0.1, 0.15) is 30.1 Å². The van der Waals surface area contributed by atoms with Crippen LogP contribution in [0.4, 0.5) is 5.69 Å². The van der Waals surface area contributed by atoms with E-state index in [1.54, 1.807) is 25.3 Å². The van der Waals surface area contributed by atoms with Crippen LogP contribution in [0, 0.1) is 0 Å². The third-order valence-electron chi connectivity index (χ3n) is 3.31. The number of nitrogen functional groups attached to an aromatic ring is 1. The molecule has 0 aromatic heterocycles. The van der Waals surface area contributed by atoms with E-state index >= 15 is 0 Å². The first-order chi connectivity index (χ1) is 8.15. The molecule has 4 heteroatoms. The third kappa shape index (κ3) is 2.07. The van der Waals surface area contributed by atoms with Crippen LogP contribution in [-0.2, 0) is 0 Å². The summed E-state index contributed by atoms with van der Waals surface area (Å²) < 4.78 is 5.21. The fraction of sp³-hybridized carbons (Fsp3) is 0.462. The highest BCUT2D eigenvalue weighted by Gasteiger charge is 2.29. The van der Waals surface area contributed by atoms with E-state index in [4.69, 9.17) is 10.5 Å². The van der Waals surface area contributed by atoms with Gasteiger partial charge in [-0.3, -0.25) is 4.79 Å². The predicted octanol–water partition coefficient (Wildman–Crippen LogP) is 1.90. The summed E-state index contributed by atoms with van der Waals surface area (Å²) in [4.78, 5) is 14.3. The number of benzene rings is 1. The summed E-state index contributed by atoms with van der Waals surface area (Å²) in [7, 11) is 1.55. The maximum atomic E-state index is 12.4. The van der Waals surface area contributed by atoms with E-state index < -0.39 is 0 Å². The standard InChI is InChI=1S/C13H18N2O2/c1-9-5-4-8-15(9)13(16)12-10(14)6-3-7-11(12)17-2/h3,6-7,9H,4-5,8,14H2,1-2H3. The number of hydrogen-bond acceptors (Lipinski definition) is 3. The number of nitrogens with two attached hydrogens (primary N) is 1. The van der Waals surface area contributed by atoms with Gasteiger partial charge in [-0.05, 0) is 31.9 Å². The van der Waals surface area contributed by atoms with Crippen molar-refractivity contribution < 1.29 is 9.53 Å². The van der Waals surface area contributed by atoms with Gasteiger partial charge in [-0.1, -0.05) is 6.07 Å². The van der Waals surface area contributed by atoms with Gasteiger partial charge in [0.1, 0.15) is 11.3 Å². The topological polar surface area (TPSA) is 55.6 Å². The van der Waals surface area contributed by atoms with Gasteiger partial charge in [-0.2, -0.15) is 0 Å². The molecule has 1 saturated heterocycles. The van der Waals surface area contributed by atoms with E-state index in [-0.39, 0.29) is 11.9 Å². The van der Waals surface area contributed by atoms with Gasteiger partial charge in [0, 0.05) is 18.3 Å². The molecule has 1 heterocycles. The van der Waals surface area contributed by atoms with E-state index in [0.717, 1.165) is 19.4 Å². The SMILES string of the molecule is COc1cccc(N)c1C(=O)N1CCCC1C. The number of amides is 1. The second-order valence-corrected chi connectivity index (χ2v) is 4.41. The zero-order chi connectivity index (χ0) is 12.4. The van der Waals surface area contributed by atoms with Crippen LogP contribution < -0.4 is 10.5 Å². The van der Waals surface area contributed by atoms with E-state index in [1.165, 1.54) is 0 Å². The average molecular weight is 234 g/mol. The van der Waals surface area contributed by atoms with Gasteiger partial charge in [-0.15, -0.1) is 0 Å². The molecule has 0 aliphatic carbocycles. The van der Waals surface area contributed by atoms with Gasteiger partial charge in [0.15, 0.2) is 0 Å². The van der Waals surface area contributed by atoms with E-state index in [1.807, 2.05) is 4.90 Å². The molecule has 1 aliphatic rings. The largest absolute Gasteiger partial charge is 0.496 e. The molecule has 17 heavy (non-hydrogen) atoms. The number of likely N-dealkylation sites (tertiary alicyclic amines) is 1. The van der Waals surface area contributed by atoms with Crippen LogP contribution in [0.3, 0.4) is 0 Å². The molecule has 1 aromatic carbocycles. The van der Waals surface area contributed by atoms with Crippen molar-refractivity contribution in [3.05, 3.63) is 23.8 Å². The normalized spacial score (nSPS) is 19.4. The van der Waals surface area contributed by atoms with Crippen molar-refractivity contribution >= 4 is 11.6 Å². The zero-order valence-electron chi connectivity index (χ0n) is 10.3. The van der Waals surface area contributed by atoms with Crippen molar-refractivity contribution in [1.29, 1.82) is 0 Å². The molecular formula is C13H18N2O2. The Morgan fingerprint density at radius 2 is 2.29 bits per heavy atom. The fourth-order valence-electron chi connectivity index (χ4n) is 2.33. The van der Waals surface area contributed by atoms with Crippen molar-refractivity contribution in [2.75, 3.05) is 19.4 Å². The van der Waals surface area contributed by atoms with Crippen LogP contribution in [0.15, 0.2) is 18.2 Å². The molecule has 1 unspecified atom stereocenters. The van der Waals surface area contributed by atoms with Gasteiger partial charge in [0.25, 0.3) is 5.91 Å². The molecule has 4 nitrogen and oxygen atoms in total. The lowest BCUT2D eigenvalue weighted by Gasteiger charge is -2.23. The second kappa shape index (κ2) is 4.65. The van der Waals surface area contributed by atoms with Crippen molar-refractivity contribution in [1.82, 2.24) is 4.90 Å². The summed E-state index contributed by atoms with van der Waals surface area (Å²) >= 11 is 0. The summed E-state index contributed by atoms with van der Waals surface area (Å²) in [6.45, 7) is 2.87. The monoisotopic (exact) mass is 234 g/mol. The smallest absolute Gasteiger partial charge is 0.259 e. The zero-order valence-corrected chi connectivity index (χ0v) is 10.3. The Morgan fingerprint density at radius 3 is 2.88 bits per heavy atom. The van der Waals surface area contributed by atoms with Gasteiger partial charge >= 0.3 is 0 Å². The minimum atomic E-state index is -0.0232. The number of anilines is 1. The highest BCUT2D eigenvalue weighted by atomic mass is 16.5. The highest BCUT2D eigenvalue weighted by molar-refractivity contribution is 6.02. The first-order valence-corrected chi connectivity index (χ1v) is 5.88. The van der Waals surface area contributed by atoms with Gasteiger partial charge < -0.3 is 15.4 Å².